The molecule has 0 bridgehead atoms. The Kier molecular flexibility index (Phi) is 3.07. The number of thiazole rings is 1. The summed E-state index contributed by atoms with van der Waals surface area (Å²) in [5.74, 6) is 0. The number of nitrogens with two attached hydrogens (primary N) is 1. The van der Waals surface area contributed by atoms with E-state index in [0.29, 0.717) is 0 Å². The molecule has 0 aliphatic carbocycles. The van der Waals surface area contributed by atoms with Crippen molar-refractivity contribution in [3.05, 3.63) is 40.0 Å². The number of allylic oxidation sites excluding steroid dienone is 1. The smallest absolute Gasteiger partial charge is 0.0942 e. The van der Waals surface area contributed by atoms with E-state index in [1.54, 1.807) is 11.3 Å². The van der Waals surface area contributed by atoms with Crippen LogP contribution in [-0.2, 0) is 6.42 Å². The van der Waals surface area contributed by atoms with E-state index in [-0.39, 0.29) is 0 Å². The Morgan fingerprint density at radius 3 is 3.07 bits per heavy atom. The van der Waals surface area contributed by atoms with Gasteiger partial charge in [-0.15, -0.1) is 11.3 Å². The average Bonchev–Trinajstić information content (AvgIpc) is 2.56. The van der Waals surface area contributed by atoms with E-state index < -0.39 is 0 Å². The Morgan fingerprint density at radius 2 is 2.33 bits per heavy atom. The highest BCUT2D eigenvalue weighted by Crippen LogP contribution is 2.25. The maximum atomic E-state index is 5.53. The molecule has 1 heterocycles. The van der Waals surface area contributed by atoms with Crippen molar-refractivity contribution in [1.82, 2.24) is 4.98 Å². The molecule has 4 heteroatoms. The minimum absolute atomic E-state index is 0.718. The van der Waals surface area contributed by atoms with Crippen LogP contribution in [0.1, 0.15) is 11.4 Å². The van der Waals surface area contributed by atoms with Gasteiger partial charge in [-0.1, -0.05) is 22.5 Å². The summed E-state index contributed by atoms with van der Waals surface area (Å²) >= 11 is 5.15. The fourth-order valence-electron chi connectivity index (χ4n) is 1.32. The third-order valence-corrected chi connectivity index (χ3v) is 3.64. The molecule has 0 radical (unpaired) electrons. The number of nitrogens with zero attached hydrogens (tertiary/aromatic N) is 1. The van der Waals surface area contributed by atoms with Crippen LogP contribution in [0.4, 0.5) is 0 Å². The van der Waals surface area contributed by atoms with Crippen LogP contribution >= 0.6 is 27.3 Å². The second-order valence-electron chi connectivity index (χ2n) is 3.38. The predicted octanol–water partition coefficient (Wildman–Crippen LogP) is 3.46. The molecule has 0 unspecified atom stereocenters. The molecule has 0 atom stereocenters. The van der Waals surface area contributed by atoms with Crippen LogP contribution in [0.25, 0.3) is 10.2 Å². The van der Waals surface area contributed by atoms with Gasteiger partial charge in [0, 0.05) is 16.6 Å². The van der Waals surface area contributed by atoms with Crippen LogP contribution in [0, 0.1) is 0 Å². The average molecular weight is 283 g/mol. The highest BCUT2D eigenvalue weighted by atomic mass is 79.9. The lowest BCUT2D eigenvalue weighted by Gasteiger charge is -1.94. The number of hydrogen-bond acceptors (Lipinski definition) is 3. The van der Waals surface area contributed by atoms with Crippen molar-refractivity contribution in [2.75, 3.05) is 0 Å². The molecule has 2 nitrogen and oxygen atoms in total. The molecule has 78 valence electrons. The lowest BCUT2D eigenvalue weighted by Crippen LogP contribution is -1.96. The largest absolute Gasteiger partial charge is 0.403 e. The van der Waals surface area contributed by atoms with Gasteiger partial charge in [0.25, 0.3) is 0 Å². The number of halogens is 1. The molecule has 2 aromatic rings. The van der Waals surface area contributed by atoms with Crippen LogP contribution in [0.2, 0.25) is 0 Å². The van der Waals surface area contributed by atoms with E-state index in [1.807, 2.05) is 12.1 Å². The van der Waals surface area contributed by atoms with Crippen molar-refractivity contribution in [2.45, 2.75) is 12.8 Å². The molecule has 1 aromatic carbocycles. The van der Waals surface area contributed by atoms with E-state index in [9.17, 15) is 0 Å². The maximum absolute atomic E-state index is 5.53. The minimum atomic E-state index is 0.718. The summed E-state index contributed by atoms with van der Waals surface area (Å²) in [4.78, 5) is 4.54. The van der Waals surface area contributed by atoms with Gasteiger partial charge in [-0.2, -0.15) is 0 Å². The van der Waals surface area contributed by atoms with E-state index in [2.05, 4.69) is 33.6 Å². The summed E-state index contributed by atoms with van der Waals surface area (Å²) in [5.41, 5.74) is 7.30. The van der Waals surface area contributed by atoms with Crippen LogP contribution in [0.5, 0.6) is 0 Å². The summed E-state index contributed by atoms with van der Waals surface area (Å²) in [6.45, 7) is 3.69. The van der Waals surface area contributed by atoms with E-state index >= 15 is 0 Å². The topological polar surface area (TPSA) is 38.9 Å². The monoisotopic (exact) mass is 282 g/mol. The summed E-state index contributed by atoms with van der Waals surface area (Å²) in [6, 6.07) is 6.15. The Morgan fingerprint density at radius 1 is 1.53 bits per heavy atom. The van der Waals surface area contributed by atoms with Crippen molar-refractivity contribution >= 4 is 37.5 Å². The molecular weight excluding hydrogens is 272 g/mol. The number of benzene rings is 1. The zero-order valence-corrected chi connectivity index (χ0v) is 10.6. The maximum Gasteiger partial charge on any atom is 0.0942 e. The van der Waals surface area contributed by atoms with Crippen molar-refractivity contribution in [3.63, 3.8) is 0 Å². The number of fused-ring (bicyclic) bond motifs is 1. The summed E-state index contributed by atoms with van der Waals surface area (Å²) in [6.07, 6.45) is 1.69. The Hall–Kier alpha value is -0.870. The molecular formula is C11H11BrN2S. The molecule has 0 aliphatic heterocycles. The highest BCUT2D eigenvalue weighted by Gasteiger charge is 2.03. The lowest BCUT2D eigenvalue weighted by molar-refractivity contribution is 0.922. The summed E-state index contributed by atoms with van der Waals surface area (Å²) in [7, 11) is 0. The molecule has 0 saturated heterocycles. The summed E-state index contributed by atoms with van der Waals surface area (Å²) in [5, 5.41) is 1.12. The van der Waals surface area contributed by atoms with Gasteiger partial charge in [0.15, 0.2) is 0 Å². The second-order valence-corrected chi connectivity index (χ2v) is 5.41. The van der Waals surface area contributed by atoms with Crippen LogP contribution < -0.4 is 5.73 Å². The Labute approximate surface area is 101 Å². The molecule has 0 saturated carbocycles. The quantitative estimate of drug-likeness (QED) is 0.936. The third-order valence-electron chi connectivity index (χ3n) is 2.05. The van der Waals surface area contributed by atoms with Gasteiger partial charge in [-0.3, -0.25) is 0 Å². The fourth-order valence-corrected chi connectivity index (χ4v) is 2.62. The zero-order valence-electron chi connectivity index (χ0n) is 8.16. The highest BCUT2D eigenvalue weighted by molar-refractivity contribution is 9.10. The van der Waals surface area contributed by atoms with Crippen molar-refractivity contribution in [1.29, 1.82) is 0 Å². The van der Waals surface area contributed by atoms with Crippen molar-refractivity contribution in [3.8, 4) is 0 Å². The molecule has 0 amide bonds. The van der Waals surface area contributed by atoms with E-state index in [4.69, 9.17) is 5.73 Å². The number of rotatable bonds is 3. The van der Waals surface area contributed by atoms with Crippen molar-refractivity contribution < 1.29 is 0 Å². The molecule has 15 heavy (non-hydrogen) atoms. The van der Waals surface area contributed by atoms with Gasteiger partial charge in [0.1, 0.15) is 0 Å². The zero-order chi connectivity index (χ0) is 10.8. The summed E-state index contributed by atoms with van der Waals surface area (Å²) < 4.78 is 2.28. The number of aryl methyl sites for hydroxylation is 1. The van der Waals surface area contributed by atoms with Gasteiger partial charge < -0.3 is 5.73 Å². The van der Waals surface area contributed by atoms with Gasteiger partial charge in [0.2, 0.25) is 0 Å². The number of hydrogen-bond donors (Lipinski definition) is 1. The molecule has 2 N–H and O–H groups in total. The van der Waals surface area contributed by atoms with Gasteiger partial charge in [-0.25, -0.2) is 4.98 Å². The van der Waals surface area contributed by atoms with Crippen molar-refractivity contribution in [2.24, 2.45) is 5.73 Å². The molecule has 2 rings (SSSR count). The first-order chi connectivity index (χ1) is 7.15. The first-order valence-corrected chi connectivity index (χ1v) is 6.24. The van der Waals surface area contributed by atoms with E-state index in [0.717, 1.165) is 33.5 Å². The first kappa shape index (κ1) is 10.6. The Bertz CT molecular complexity index is 504. The SMILES string of the molecule is C=C(N)CCc1nc2cc(Br)ccc2s1. The normalized spacial score (nSPS) is 10.7. The predicted molar refractivity (Wildman–Crippen MR) is 69.0 cm³/mol. The minimum Gasteiger partial charge on any atom is -0.403 e. The van der Waals surface area contributed by atoms with Gasteiger partial charge in [0.05, 0.1) is 15.2 Å². The van der Waals surface area contributed by atoms with Crippen LogP contribution in [-0.4, -0.2) is 4.98 Å². The Balaban J connectivity index is 2.27. The molecule has 0 fully saturated rings. The first-order valence-electron chi connectivity index (χ1n) is 4.63. The van der Waals surface area contributed by atoms with Crippen LogP contribution in [0.15, 0.2) is 34.9 Å². The van der Waals surface area contributed by atoms with Gasteiger partial charge >= 0.3 is 0 Å². The second kappa shape index (κ2) is 4.33. The molecule has 0 spiro atoms. The third kappa shape index (κ3) is 2.58. The number of aromatic nitrogens is 1. The fraction of sp³-hybridized carbons (Fsp3) is 0.182. The lowest BCUT2D eigenvalue weighted by atomic mass is 10.3. The van der Waals surface area contributed by atoms with Gasteiger partial charge in [-0.05, 0) is 24.6 Å². The van der Waals surface area contributed by atoms with E-state index in [1.165, 1.54) is 4.70 Å². The molecule has 0 aliphatic rings. The standard InChI is InChI=1S/C11H11BrN2S/c1-7(13)2-5-11-14-9-6-8(12)3-4-10(9)15-11/h3-4,6H,1-2,5,13H2. The van der Waals surface area contributed by atoms with Crippen LogP contribution in [0.3, 0.4) is 0 Å². The molecule has 1 aromatic heterocycles.